The molecule has 0 aromatic carbocycles. The maximum Gasteiger partial charge on any atom is 0.0589 e. The molecule has 16 heavy (non-hydrogen) atoms. The van der Waals surface area contributed by atoms with Crippen LogP contribution in [0.5, 0.6) is 0 Å². The van der Waals surface area contributed by atoms with Gasteiger partial charge < -0.3 is 15.2 Å². The molecule has 1 atom stereocenters. The maximum atomic E-state index is 5.98. The van der Waals surface area contributed by atoms with Crippen molar-refractivity contribution < 1.29 is 9.47 Å². The number of ether oxygens (including phenoxy) is 2. The normalized spacial score (nSPS) is 25.5. The van der Waals surface area contributed by atoms with Gasteiger partial charge in [-0.2, -0.15) is 11.8 Å². The highest BCUT2D eigenvalue weighted by molar-refractivity contribution is 7.99. The molecule has 1 heterocycles. The highest BCUT2D eigenvalue weighted by Crippen LogP contribution is 2.32. The van der Waals surface area contributed by atoms with Gasteiger partial charge in [0.1, 0.15) is 0 Å². The number of thioether (sulfide) groups is 1. The molecule has 0 amide bonds. The molecule has 0 bridgehead atoms. The Kier molecular flexibility index (Phi) is 6.68. The van der Waals surface area contributed by atoms with Gasteiger partial charge in [-0.1, -0.05) is 0 Å². The molecule has 96 valence electrons. The van der Waals surface area contributed by atoms with Crippen LogP contribution in [0.1, 0.15) is 6.42 Å². The highest BCUT2D eigenvalue weighted by atomic mass is 32.2. The fourth-order valence-corrected chi connectivity index (χ4v) is 3.62. The van der Waals surface area contributed by atoms with Gasteiger partial charge in [-0.05, 0) is 12.2 Å². The summed E-state index contributed by atoms with van der Waals surface area (Å²) in [5.41, 5.74) is 6.14. The smallest absolute Gasteiger partial charge is 0.0589 e. The zero-order valence-corrected chi connectivity index (χ0v) is 11.2. The number of hydrogen-bond donors (Lipinski definition) is 1. The molecule has 0 aromatic rings. The lowest BCUT2D eigenvalue weighted by Crippen LogP contribution is -2.56. The van der Waals surface area contributed by atoms with Crippen molar-refractivity contribution in [2.75, 3.05) is 58.6 Å². The third-order valence-electron chi connectivity index (χ3n) is 3.26. The van der Waals surface area contributed by atoms with Crippen LogP contribution in [0.4, 0.5) is 0 Å². The first kappa shape index (κ1) is 14.3. The summed E-state index contributed by atoms with van der Waals surface area (Å²) in [6.45, 7) is 4.13. The lowest BCUT2D eigenvalue weighted by atomic mass is 9.96. The molecule has 1 fully saturated rings. The Labute approximate surface area is 103 Å². The zero-order chi connectivity index (χ0) is 11.9. The maximum absolute atomic E-state index is 5.98. The van der Waals surface area contributed by atoms with E-state index in [0.717, 1.165) is 38.6 Å². The monoisotopic (exact) mass is 248 g/mol. The number of hydrogen-bond acceptors (Lipinski definition) is 5. The quantitative estimate of drug-likeness (QED) is 0.674. The minimum Gasteiger partial charge on any atom is -0.383 e. The lowest BCUT2D eigenvalue weighted by molar-refractivity contribution is 0.0498. The van der Waals surface area contributed by atoms with Crippen molar-refractivity contribution in [2.24, 2.45) is 5.73 Å². The molecule has 1 rings (SSSR count). The average Bonchev–Trinajstić information content (AvgIpc) is 2.79. The molecule has 2 N–H and O–H groups in total. The Balaban J connectivity index is 2.56. The zero-order valence-electron chi connectivity index (χ0n) is 10.4. The number of rotatable bonds is 8. The van der Waals surface area contributed by atoms with Crippen LogP contribution >= 0.6 is 11.8 Å². The Bertz CT molecular complexity index is 179. The molecule has 0 saturated carbocycles. The van der Waals surface area contributed by atoms with E-state index in [1.165, 1.54) is 12.2 Å². The Morgan fingerprint density at radius 1 is 1.25 bits per heavy atom. The molecule has 1 aliphatic heterocycles. The molecule has 0 aromatic heterocycles. The van der Waals surface area contributed by atoms with E-state index in [1.807, 2.05) is 11.8 Å². The molecule has 0 radical (unpaired) electrons. The van der Waals surface area contributed by atoms with Crippen molar-refractivity contribution >= 4 is 11.8 Å². The van der Waals surface area contributed by atoms with Gasteiger partial charge in [0, 0.05) is 45.1 Å². The van der Waals surface area contributed by atoms with Crippen molar-refractivity contribution in [3.8, 4) is 0 Å². The summed E-state index contributed by atoms with van der Waals surface area (Å²) in [4.78, 5) is 2.44. The Morgan fingerprint density at radius 2 is 1.88 bits per heavy atom. The van der Waals surface area contributed by atoms with E-state index in [1.54, 1.807) is 14.2 Å². The summed E-state index contributed by atoms with van der Waals surface area (Å²) < 4.78 is 10.3. The first-order valence-electron chi connectivity index (χ1n) is 5.80. The summed E-state index contributed by atoms with van der Waals surface area (Å²) in [5.74, 6) is 2.35. The molecule has 5 heteroatoms. The fraction of sp³-hybridized carbons (Fsp3) is 1.00. The van der Waals surface area contributed by atoms with Gasteiger partial charge >= 0.3 is 0 Å². The second-order valence-electron chi connectivity index (χ2n) is 4.20. The molecule has 0 spiro atoms. The number of nitrogens with zero attached hydrogens (tertiary/aromatic N) is 1. The van der Waals surface area contributed by atoms with E-state index < -0.39 is 0 Å². The van der Waals surface area contributed by atoms with Crippen molar-refractivity contribution in [1.82, 2.24) is 4.90 Å². The second-order valence-corrected chi connectivity index (χ2v) is 5.31. The largest absolute Gasteiger partial charge is 0.383 e. The highest BCUT2D eigenvalue weighted by Gasteiger charge is 2.38. The van der Waals surface area contributed by atoms with Gasteiger partial charge in [0.15, 0.2) is 0 Å². The molecular weight excluding hydrogens is 224 g/mol. The SMILES string of the molecule is COCCN(CCOC)C1(CN)CCSC1. The van der Waals surface area contributed by atoms with Gasteiger partial charge in [-0.3, -0.25) is 4.90 Å². The topological polar surface area (TPSA) is 47.7 Å². The first-order chi connectivity index (χ1) is 7.79. The van der Waals surface area contributed by atoms with Crippen LogP contribution in [-0.2, 0) is 9.47 Å². The fourth-order valence-electron chi connectivity index (χ4n) is 2.13. The van der Waals surface area contributed by atoms with E-state index >= 15 is 0 Å². The van der Waals surface area contributed by atoms with Crippen LogP contribution in [0.25, 0.3) is 0 Å². The van der Waals surface area contributed by atoms with Crippen molar-refractivity contribution in [3.63, 3.8) is 0 Å². The summed E-state index contributed by atoms with van der Waals surface area (Å²) in [6.07, 6.45) is 1.18. The summed E-state index contributed by atoms with van der Waals surface area (Å²) in [7, 11) is 3.49. The molecule has 0 aliphatic carbocycles. The van der Waals surface area contributed by atoms with Crippen LogP contribution in [0.3, 0.4) is 0 Å². The summed E-state index contributed by atoms with van der Waals surface area (Å²) in [5, 5.41) is 0. The van der Waals surface area contributed by atoms with Crippen molar-refractivity contribution in [3.05, 3.63) is 0 Å². The third-order valence-corrected chi connectivity index (χ3v) is 4.50. The van der Waals surface area contributed by atoms with Crippen LogP contribution in [0.2, 0.25) is 0 Å². The predicted molar refractivity (Wildman–Crippen MR) is 69.1 cm³/mol. The number of methoxy groups -OCH3 is 2. The van der Waals surface area contributed by atoms with E-state index in [2.05, 4.69) is 4.90 Å². The molecular formula is C11H24N2O2S. The van der Waals surface area contributed by atoms with E-state index in [0.29, 0.717) is 0 Å². The van der Waals surface area contributed by atoms with E-state index in [9.17, 15) is 0 Å². The number of nitrogens with two attached hydrogens (primary N) is 1. The van der Waals surface area contributed by atoms with Gasteiger partial charge in [0.2, 0.25) is 0 Å². The Morgan fingerprint density at radius 3 is 2.25 bits per heavy atom. The van der Waals surface area contributed by atoms with Gasteiger partial charge in [0.05, 0.1) is 13.2 Å². The minimum atomic E-state index is 0.168. The van der Waals surface area contributed by atoms with Gasteiger partial charge in [-0.25, -0.2) is 0 Å². The Hall–Kier alpha value is 0.190. The minimum absolute atomic E-state index is 0.168. The standard InChI is InChI=1S/C11H24N2O2S/c1-14-6-4-13(5-7-15-2)11(9-12)3-8-16-10-11/h3-10,12H2,1-2H3. The van der Waals surface area contributed by atoms with E-state index in [4.69, 9.17) is 15.2 Å². The van der Waals surface area contributed by atoms with Crippen molar-refractivity contribution in [1.29, 1.82) is 0 Å². The van der Waals surface area contributed by atoms with Crippen LogP contribution in [-0.4, -0.2) is 69.0 Å². The lowest BCUT2D eigenvalue weighted by Gasteiger charge is -2.40. The van der Waals surface area contributed by atoms with E-state index in [-0.39, 0.29) is 5.54 Å². The first-order valence-corrected chi connectivity index (χ1v) is 6.95. The molecule has 1 aliphatic rings. The van der Waals surface area contributed by atoms with Crippen LogP contribution < -0.4 is 5.73 Å². The molecule has 4 nitrogen and oxygen atoms in total. The average molecular weight is 248 g/mol. The van der Waals surface area contributed by atoms with Gasteiger partial charge in [0.25, 0.3) is 0 Å². The summed E-state index contributed by atoms with van der Waals surface area (Å²) in [6, 6.07) is 0. The predicted octanol–water partition coefficient (Wildman–Crippen LogP) is 0.416. The van der Waals surface area contributed by atoms with Crippen molar-refractivity contribution in [2.45, 2.75) is 12.0 Å². The summed E-state index contributed by atoms with van der Waals surface area (Å²) >= 11 is 2.00. The second kappa shape index (κ2) is 7.50. The molecule has 1 saturated heterocycles. The van der Waals surface area contributed by atoms with Gasteiger partial charge in [-0.15, -0.1) is 0 Å². The van der Waals surface area contributed by atoms with Crippen LogP contribution in [0, 0.1) is 0 Å². The third kappa shape index (κ3) is 3.60. The van der Waals surface area contributed by atoms with Crippen LogP contribution in [0.15, 0.2) is 0 Å². The molecule has 1 unspecified atom stereocenters.